The van der Waals surface area contributed by atoms with Gasteiger partial charge >= 0.3 is 0 Å². The summed E-state index contributed by atoms with van der Waals surface area (Å²) in [6.45, 7) is 18.3. The van der Waals surface area contributed by atoms with Crippen molar-refractivity contribution in [1.29, 1.82) is 0 Å². The zero-order valence-corrected chi connectivity index (χ0v) is 20.8. The van der Waals surface area contributed by atoms with E-state index in [1.54, 1.807) is 11.3 Å². The van der Waals surface area contributed by atoms with Crippen molar-refractivity contribution in [1.82, 2.24) is 9.88 Å². The summed E-state index contributed by atoms with van der Waals surface area (Å²) in [5.41, 5.74) is 8.13. The predicted octanol–water partition coefficient (Wildman–Crippen LogP) is 5.76. The lowest BCUT2D eigenvalue weighted by Gasteiger charge is -2.25. The van der Waals surface area contributed by atoms with Gasteiger partial charge in [-0.05, 0) is 75.5 Å². The van der Waals surface area contributed by atoms with Crippen molar-refractivity contribution < 1.29 is 4.79 Å². The van der Waals surface area contributed by atoms with Crippen molar-refractivity contribution in [2.24, 2.45) is 0 Å². The summed E-state index contributed by atoms with van der Waals surface area (Å²) in [6, 6.07) is 8.59. The van der Waals surface area contributed by atoms with Crippen LogP contribution in [0.25, 0.3) is 10.2 Å². The number of amides is 1. The minimum Gasteiger partial charge on any atom is -0.302 e. The standard InChI is InChI=1S/C26H35N3OS/c1-8-28(9-2)12-13-29(23(30)16-22-20(6)14-17(3)15-21(22)7)26-27-24-18(4)10-11-19(5)25(24)31-26/h10-11,14-15H,8-9,12-13,16H2,1-7H3. The van der Waals surface area contributed by atoms with Crippen molar-refractivity contribution in [3.63, 3.8) is 0 Å². The first-order chi connectivity index (χ1) is 14.7. The summed E-state index contributed by atoms with van der Waals surface area (Å²) < 4.78 is 1.18. The van der Waals surface area contributed by atoms with Crippen molar-refractivity contribution in [3.05, 3.63) is 57.6 Å². The number of carbonyl (C=O) groups excluding carboxylic acids is 1. The second-order valence-electron chi connectivity index (χ2n) is 8.50. The maximum absolute atomic E-state index is 13.6. The van der Waals surface area contributed by atoms with Gasteiger partial charge in [0, 0.05) is 13.1 Å². The van der Waals surface area contributed by atoms with E-state index >= 15 is 0 Å². The Balaban J connectivity index is 1.97. The Morgan fingerprint density at radius 1 is 0.903 bits per heavy atom. The van der Waals surface area contributed by atoms with E-state index in [0.717, 1.165) is 41.4 Å². The SMILES string of the molecule is CCN(CC)CCN(C(=O)Cc1c(C)cc(C)cc1C)c1nc2c(C)ccc(C)c2s1. The fourth-order valence-corrected chi connectivity index (χ4v) is 5.36. The molecule has 0 N–H and O–H groups in total. The molecule has 0 saturated carbocycles. The van der Waals surface area contributed by atoms with Gasteiger partial charge in [0.05, 0.1) is 16.6 Å². The molecule has 31 heavy (non-hydrogen) atoms. The molecule has 0 aliphatic heterocycles. The van der Waals surface area contributed by atoms with Crippen molar-refractivity contribution in [3.8, 4) is 0 Å². The lowest BCUT2D eigenvalue weighted by Crippen LogP contribution is -2.39. The molecule has 0 aliphatic carbocycles. The van der Waals surface area contributed by atoms with Crippen LogP contribution >= 0.6 is 11.3 Å². The molecule has 2 aromatic carbocycles. The van der Waals surface area contributed by atoms with Gasteiger partial charge in [-0.3, -0.25) is 9.69 Å². The summed E-state index contributed by atoms with van der Waals surface area (Å²) in [7, 11) is 0. The van der Waals surface area contributed by atoms with Gasteiger partial charge in [0.25, 0.3) is 0 Å². The van der Waals surface area contributed by atoms with Crippen LogP contribution in [0.15, 0.2) is 24.3 Å². The average molecular weight is 438 g/mol. The topological polar surface area (TPSA) is 36.4 Å². The molecule has 0 saturated heterocycles. The number of nitrogens with zero attached hydrogens (tertiary/aromatic N) is 3. The van der Waals surface area contributed by atoms with E-state index in [4.69, 9.17) is 4.98 Å². The summed E-state index contributed by atoms with van der Waals surface area (Å²) >= 11 is 1.64. The third-order valence-electron chi connectivity index (χ3n) is 6.17. The molecule has 0 bridgehead atoms. The molecule has 166 valence electrons. The zero-order valence-electron chi connectivity index (χ0n) is 20.0. The van der Waals surface area contributed by atoms with Gasteiger partial charge in [-0.25, -0.2) is 4.98 Å². The first-order valence-electron chi connectivity index (χ1n) is 11.2. The molecule has 0 aliphatic rings. The van der Waals surface area contributed by atoms with Crippen LogP contribution < -0.4 is 4.90 Å². The number of aromatic nitrogens is 1. The van der Waals surface area contributed by atoms with Gasteiger partial charge in [-0.1, -0.05) is 55.0 Å². The number of hydrogen-bond acceptors (Lipinski definition) is 4. The quantitative estimate of drug-likeness (QED) is 0.450. The molecule has 1 heterocycles. The first-order valence-corrected chi connectivity index (χ1v) is 12.0. The Morgan fingerprint density at radius 3 is 2.10 bits per heavy atom. The van der Waals surface area contributed by atoms with Crippen molar-refractivity contribution in [2.45, 2.75) is 54.9 Å². The second-order valence-corrected chi connectivity index (χ2v) is 9.48. The number of anilines is 1. The Bertz CT molecular complexity index is 1020. The van der Waals surface area contributed by atoms with Crippen LogP contribution in [-0.4, -0.2) is 42.0 Å². The lowest BCUT2D eigenvalue weighted by atomic mass is 9.97. The Labute approximate surface area is 190 Å². The summed E-state index contributed by atoms with van der Waals surface area (Å²) in [5, 5.41) is 0.812. The largest absolute Gasteiger partial charge is 0.302 e. The van der Waals surface area contributed by atoms with Crippen LogP contribution in [0.3, 0.4) is 0 Å². The first kappa shape index (κ1) is 23.4. The zero-order chi connectivity index (χ0) is 22.7. The number of hydrogen-bond donors (Lipinski definition) is 0. The molecule has 0 unspecified atom stereocenters. The summed E-state index contributed by atoms with van der Waals surface area (Å²) in [5.74, 6) is 0.122. The Hall–Kier alpha value is -2.24. The van der Waals surface area contributed by atoms with Gasteiger partial charge in [0.1, 0.15) is 0 Å². The number of fused-ring (bicyclic) bond motifs is 1. The third-order valence-corrected chi connectivity index (χ3v) is 7.38. The molecule has 1 aromatic heterocycles. The fourth-order valence-electron chi connectivity index (χ4n) is 4.21. The minimum absolute atomic E-state index is 0.122. The molecule has 0 fully saturated rings. The van der Waals surface area contributed by atoms with E-state index in [-0.39, 0.29) is 5.91 Å². The van der Waals surface area contributed by atoms with Crippen LogP contribution in [0.1, 0.15) is 47.2 Å². The number of carbonyl (C=O) groups is 1. The van der Waals surface area contributed by atoms with E-state index in [1.165, 1.54) is 27.0 Å². The Kier molecular flexibility index (Phi) is 7.50. The molecule has 3 aromatic rings. The van der Waals surface area contributed by atoms with Crippen LogP contribution in [0.4, 0.5) is 5.13 Å². The van der Waals surface area contributed by atoms with Crippen LogP contribution in [0.2, 0.25) is 0 Å². The van der Waals surface area contributed by atoms with Crippen molar-refractivity contribution >= 4 is 32.6 Å². The van der Waals surface area contributed by atoms with E-state index in [1.807, 2.05) is 4.90 Å². The van der Waals surface area contributed by atoms with Crippen molar-refractivity contribution in [2.75, 3.05) is 31.1 Å². The van der Waals surface area contributed by atoms with E-state index in [2.05, 4.69) is 77.6 Å². The average Bonchev–Trinajstić information content (AvgIpc) is 3.17. The molecular formula is C26H35N3OS. The highest BCUT2D eigenvalue weighted by molar-refractivity contribution is 7.22. The molecule has 3 rings (SSSR count). The van der Waals surface area contributed by atoms with E-state index in [9.17, 15) is 4.79 Å². The maximum Gasteiger partial charge on any atom is 0.233 e. The van der Waals surface area contributed by atoms with Crippen LogP contribution in [0, 0.1) is 34.6 Å². The highest BCUT2D eigenvalue weighted by atomic mass is 32.1. The highest BCUT2D eigenvalue weighted by Crippen LogP contribution is 2.33. The highest BCUT2D eigenvalue weighted by Gasteiger charge is 2.23. The van der Waals surface area contributed by atoms with E-state index in [0.29, 0.717) is 13.0 Å². The van der Waals surface area contributed by atoms with Gasteiger partial charge in [0.2, 0.25) is 5.91 Å². The second kappa shape index (κ2) is 9.92. The maximum atomic E-state index is 13.6. The smallest absolute Gasteiger partial charge is 0.233 e. The number of rotatable bonds is 8. The molecule has 0 atom stereocenters. The lowest BCUT2D eigenvalue weighted by molar-refractivity contribution is -0.118. The van der Waals surface area contributed by atoms with E-state index < -0.39 is 0 Å². The minimum atomic E-state index is 0.122. The van der Waals surface area contributed by atoms with Gasteiger partial charge in [0.15, 0.2) is 5.13 Å². The van der Waals surface area contributed by atoms with Gasteiger partial charge in [-0.2, -0.15) is 0 Å². The van der Waals surface area contributed by atoms with Crippen LogP contribution in [-0.2, 0) is 11.2 Å². The van der Waals surface area contributed by atoms with Crippen LogP contribution in [0.5, 0.6) is 0 Å². The fraction of sp³-hybridized carbons (Fsp3) is 0.462. The number of benzene rings is 2. The molecular weight excluding hydrogens is 402 g/mol. The van der Waals surface area contributed by atoms with Gasteiger partial charge < -0.3 is 4.90 Å². The van der Waals surface area contributed by atoms with Gasteiger partial charge in [-0.15, -0.1) is 0 Å². The molecule has 5 heteroatoms. The molecule has 0 radical (unpaired) electrons. The number of thiazole rings is 1. The Morgan fingerprint density at radius 2 is 1.52 bits per heavy atom. The monoisotopic (exact) mass is 437 g/mol. The number of aryl methyl sites for hydroxylation is 5. The summed E-state index contributed by atoms with van der Waals surface area (Å²) in [6.07, 6.45) is 0.407. The normalized spacial score (nSPS) is 11.5. The summed E-state index contributed by atoms with van der Waals surface area (Å²) in [4.78, 5) is 22.8. The molecule has 4 nitrogen and oxygen atoms in total. The predicted molar refractivity (Wildman–Crippen MR) is 134 cm³/mol. The molecule has 0 spiro atoms. The molecule has 1 amide bonds. The third kappa shape index (κ3) is 5.16. The number of likely N-dealkylation sites (N-methyl/N-ethyl adjacent to an activating group) is 1.